The zero-order valence-electron chi connectivity index (χ0n) is 14.1. The number of nitrogens with zero attached hydrogens (tertiary/aromatic N) is 3. The second kappa shape index (κ2) is 7.53. The molecule has 2 heterocycles. The SMILES string of the molecule is C=C/C=c1/nc(-c2cccc(OCc3ccccc3C)n2)ncc1=C. The van der Waals surface area contributed by atoms with Gasteiger partial charge in [-0.3, -0.25) is 0 Å². The summed E-state index contributed by atoms with van der Waals surface area (Å²) < 4.78 is 5.83. The highest BCUT2D eigenvalue weighted by Crippen LogP contribution is 2.16. The largest absolute Gasteiger partial charge is 0.473 e. The Morgan fingerprint density at radius 3 is 2.72 bits per heavy atom. The number of aryl methyl sites for hydroxylation is 1. The monoisotopic (exact) mass is 329 g/mol. The van der Waals surface area contributed by atoms with E-state index in [2.05, 4.69) is 41.1 Å². The van der Waals surface area contributed by atoms with Crippen LogP contribution in [0.3, 0.4) is 0 Å². The summed E-state index contributed by atoms with van der Waals surface area (Å²) >= 11 is 0. The van der Waals surface area contributed by atoms with Gasteiger partial charge in [-0.05, 0) is 30.2 Å². The maximum atomic E-state index is 5.83. The molecule has 4 heteroatoms. The van der Waals surface area contributed by atoms with Gasteiger partial charge in [0.05, 0.1) is 5.35 Å². The van der Waals surface area contributed by atoms with Crippen molar-refractivity contribution in [3.05, 3.63) is 83.0 Å². The van der Waals surface area contributed by atoms with Crippen LogP contribution in [0.1, 0.15) is 11.1 Å². The van der Waals surface area contributed by atoms with Crippen molar-refractivity contribution in [1.82, 2.24) is 15.0 Å². The van der Waals surface area contributed by atoms with E-state index in [1.165, 1.54) is 5.56 Å². The minimum Gasteiger partial charge on any atom is -0.473 e. The zero-order chi connectivity index (χ0) is 17.6. The van der Waals surface area contributed by atoms with E-state index in [9.17, 15) is 0 Å². The fraction of sp³-hybridized carbons (Fsp3) is 0.0952. The number of hydrogen-bond donors (Lipinski definition) is 0. The van der Waals surface area contributed by atoms with Gasteiger partial charge in [0.25, 0.3) is 0 Å². The fourth-order valence-corrected chi connectivity index (χ4v) is 2.34. The Kier molecular flexibility index (Phi) is 5.00. The number of rotatable bonds is 5. The van der Waals surface area contributed by atoms with Crippen LogP contribution in [0.4, 0.5) is 0 Å². The van der Waals surface area contributed by atoms with E-state index < -0.39 is 0 Å². The Morgan fingerprint density at radius 2 is 1.92 bits per heavy atom. The first-order valence-corrected chi connectivity index (χ1v) is 7.97. The molecule has 25 heavy (non-hydrogen) atoms. The molecule has 3 aromatic rings. The van der Waals surface area contributed by atoms with Crippen molar-refractivity contribution in [3.63, 3.8) is 0 Å². The normalized spacial score (nSPS) is 11.3. The minimum atomic E-state index is 0.470. The molecule has 0 N–H and O–H groups in total. The fourth-order valence-electron chi connectivity index (χ4n) is 2.34. The molecule has 0 aliphatic heterocycles. The number of allylic oxidation sites excluding steroid dienone is 1. The number of aromatic nitrogens is 3. The number of benzene rings is 1. The molecular formula is C21H19N3O. The molecular weight excluding hydrogens is 310 g/mol. The summed E-state index contributed by atoms with van der Waals surface area (Å²) in [6.07, 6.45) is 5.15. The van der Waals surface area contributed by atoms with Crippen LogP contribution < -0.4 is 15.3 Å². The lowest BCUT2D eigenvalue weighted by molar-refractivity contribution is 0.293. The highest BCUT2D eigenvalue weighted by Gasteiger charge is 2.06. The zero-order valence-corrected chi connectivity index (χ0v) is 14.1. The smallest absolute Gasteiger partial charge is 0.214 e. The first-order valence-electron chi connectivity index (χ1n) is 7.97. The summed E-state index contributed by atoms with van der Waals surface area (Å²) in [5, 5.41) is 1.48. The van der Waals surface area contributed by atoms with E-state index in [4.69, 9.17) is 4.74 Å². The van der Waals surface area contributed by atoms with E-state index in [1.807, 2.05) is 36.4 Å². The summed E-state index contributed by atoms with van der Waals surface area (Å²) in [6, 6.07) is 13.7. The van der Waals surface area contributed by atoms with Crippen LogP contribution in [0.15, 0.2) is 61.3 Å². The topological polar surface area (TPSA) is 47.9 Å². The van der Waals surface area contributed by atoms with Crippen molar-refractivity contribution in [2.24, 2.45) is 0 Å². The molecule has 0 saturated heterocycles. The average molecular weight is 329 g/mol. The number of pyridine rings is 1. The molecule has 3 rings (SSSR count). The molecule has 2 aromatic heterocycles. The summed E-state index contributed by atoms with van der Waals surface area (Å²) in [5.74, 6) is 1.07. The number of ether oxygens (including phenoxy) is 1. The van der Waals surface area contributed by atoms with Gasteiger partial charge in [-0.1, -0.05) is 49.6 Å². The van der Waals surface area contributed by atoms with Crippen LogP contribution >= 0.6 is 0 Å². The predicted octanol–water partition coefficient (Wildman–Crippen LogP) is 2.80. The van der Waals surface area contributed by atoms with Crippen molar-refractivity contribution in [3.8, 4) is 17.4 Å². The van der Waals surface area contributed by atoms with Gasteiger partial charge in [0.1, 0.15) is 12.3 Å². The third-order valence-electron chi connectivity index (χ3n) is 3.76. The molecule has 0 radical (unpaired) electrons. The van der Waals surface area contributed by atoms with Gasteiger partial charge >= 0.3 is 0 Å². The molecule has 0 atom stereocenters. The van der Waals surface area contributed by atoms with Crippen LogP contribution in [0.2, 0.25) is 0 Å². The third kappa shape index (κ3) is 3.98. The summed E-state index contributed by atoms with van der Waals surface area (Å²) in [6.45, 7) is 10.1. The Morgan fingerprint density at radius 1 is 1.08 bits per heavy atom. The van der Waals surface area contributed by atoms with Crippen LogP contribution in [0.25, 0.3) is 24.2 Å². The van der Waals surface area contributed by atoms with Gasteiger partial charge in [-0.2, -0.15) is 0 Å². The van der Waals surface area contributed by atoms with Crippen molar-refractivity contribution >= 4 is 12.7 Å². The number of hydrogen-bond acceptors (Lipinski definition) is 4. The summed E-state index contributed by atoms with van der Waals surface area (Å²) in [7, 11) is 0. The maximum absolute atomic E-state index is 5.83. The lowest BCUT2D eigenvalue weighted by Gasteiger charge is -2.08. The molecule has 0 bridgehead atoms. The molecule has 0 saturated carbocycles. The second-order valence-corrected chi connectivity index (χ2v) is 5.58. The first kappa shape index (κ1) is 16.6. The van der Waals surface area contributed by atoms with Gasteiger partial charge in [0, 0.05) is 17.5 Å². The van der Waals surface area contributed by atoms with Crippen LogP contribution in [-0.2, 0) is 6.61 Å². The third-order valence-corrected chi connectivity index (χ3v) is 3.76. The standard InChI is InChI=1S/C21H19N3O/c1-4-8-18-16(3)13-22-21(24-18)19-11-7-12-20(23-19)25-14-17-10-6-5-9-15(17)2/h4-13H,1,3,14H2,2H3/b18-8+. The van der Waals surface area contributed by atoms with Gasteiger partial charge < -0.3 is 4.74 Å². The lowest BCUT2D eigenvalue weighted by Crippen LogP contribution is -2.28. The van der Waals surface area contributed by atoms with Gasteiger partial charge in [-0.25, -0.2) is 15.0 Å². The molecule has 0 aliphatic carbocycles. The van der Waals surface area contributed by atoms with Crippen molar-refractivity contribution in [2.45, 2.75) is 13.5 Å². The van der Waals surface area contributed by atoms with E-state index in [0.29, 0.717) is 24.0 Å². The maximum Gasteiger partial charge on any atom is 0.214 e. The molecule has 4 nitrogen and oxygen atoms in total. The molecule has 0 unspecified atom stereocenters. The lowest BCUT2D eigenvalue weighted by atomic mass is 10.1. The van der Waals surface area contributed by atoms with E-state index in [1.54, 1.807) is 18.3 Å². The van der Waals surface area contributed by atoms with Crippen molar-refractivity contribution in [1.29, 1.82) is 0 Å². The Labute approximate surface area is 146 Å². The molecule has 0 spiro atoms. The second-order valence-electron chi connectivity index (χ2n) is 5.58. The minimum absolute atomic E-state index is 0.470. The van der Waals surface area contributed by atoms with E-state index in [-0.39, 0.29) is 0 Å². The van der Waals surface area contributed by atoms with Crippen LogP contribution in [-0.4, -0.2) is 15.0 Å². The van der Waals surface area contributed by atoms with Crippen LogP contribution in [0, 0.1) is 6.92 Å². The van der Waals surface area contributed by atoms with E-state index >= 15 is 0 Å². The summed E-state index contributed by atoms with van der Waals surface area (Å²) in [4.78, 5) is 13.3. The molecule has 1 aromatic carbocycles. The molecule has 124 valence electrons. The van der Waals surface area contributed by atoms with Gasteiger partial charge in [-0.15, -0.1) is 0 Å². The molecule has 0 fully saturated rings. The van der Waals surface area contributed by atoms with E-state index in [0.717, 1.165) is 16.1 Å². The van der Waals surface area contributed by atoms with Crippen LogP contribution in [0.5, 0.6) is 5.88 Å². The summed E-state index contributed by atoms with van der Waals surface area (Å²) in [5.41, 5.74) is 2.98. The predicted molar refractivity (Wildman–Crippen MR) is 100 cm³/mol. The van der Waals surface area contributed by atoms with Gasteiger partial charge in [0.15, 0.2) is 5.82 Å². The van der Waals surface area contributed by atoms with Gasteiger partial charge in [0.2, 0.25) is 5.88 Å². The van der Waals surface area contributed by atoms with Crippen molar-refractivity contribution in [2.75, 3.05) is 0 Å². The Balaban J connectivity index is 1.86. The quantitative estimate of drug-likeness (QED) is 0.722. The molecule has 0 aliphatic rings. The first-order chi connectivity index (χ1) is 12.2. The van der Waals surface area contributed by atoms with Crippen molar-refractivity contribution < 1.29 is 4.74 Å². The Hall–Kier alpha value is -3.27. The highest BCUT2D eigenvalue weighted by molar-refractivity contribution is 5.50. The molecule has 0 amide bonds. The Bertz CT molecular complexity index is 1010. The average Bonchev–Trinajstić information content (AvgIpc) is 2.63. The highest BCUT2D eigenvalue weighted by atomic mass is 16.5.